The molecule has 1 saturated carbocycles. The maximum Gasteiger partial charge on any atom is 0.0687 e. The monoisotopic (exact) mass is 239 g/mol. The van der Waals surface area contributed by atoms with Gasteiger partial charge in [0.25, 0.3) is 0 Å². The first-order valence-electron chi connectivity index (χ1n) is 7.56. The molecule has 0 radical (unpaired) electrons. The van der Waals surface area contributed by atoms with Crippen LogP contribution in [0.25, 0.3) is 0 Å². The third-order valence-electron chi connectivity index (χ3n) is 4.64. The SMILES string of the molecule is CNCC(C)CCC1CCC2(CCCCC2)O1. The van der Waals surface area contributed by atoms with Crippen LogP contribution >= 0.6 is 0 Å². The van der Waals surface area contributed by atoms with Gasteiger partial charge in [0.15, 0.2) is 0 Å². The van der Waals surface area contributed by atoms with Crippen LogP contribution in [0.3, 0.4) is 0 Å². The molecule has 2 unspecified atom stereocenters. The Labute approximate surface area is 107 Å². The van der Waals surface area contributed by atoms with Crippen molar-refractivity contribution >= 4 is 0 Å². The highest BCUT2D eigenvalue weighted by Gasteiger charge is 2.40. The average molecular weight is 239 g/mol. The van der Waals surface area contributed by atoms with Crippen LogP contribution < -0.4 is 5.32 Å². The third kappa shape index (κ3) is 3.69. The molecule has 0 bridgehead atoms. The molecule has 2 aliphatic rings. The lowest BCUT2D eigenvalue weighted by molar-refractivity contribution is -0.0668. The van der Waals surface area contributed by atoms with Gasteiger partial charge in [-0.05, 0) is 58.0 Å². The highest BCUT2D eigenvalue weighted by molar-refractivity contribution is 4.91. The van der Waals surface area contributed by atoms with Crippen LogP contribution in [0.1, 0.15) is 64.7 Å². The first kappa shape index (κ1) is 13.4. The summed E-state index contributed by atoms with van der Waals surface area (Å²) in [6, 6.07) is 0. The molecule has 0 aromatic carbocycles. The van der Waals surface area contributed by atoms with E-state index in [9.17, 15) is 0 Å². The molecular weight excluding hydrogens is 210 g/mol. The molecule has 2 heteroatoms. The normalized spacial score (nSPS) is 29.6. The van der Waals surface area contributed by atoms with Gasteiger partial charge in [-0.25, -0.2) is 0 Å². The first-order chi connectivity index (χ1) is 8.24. The van der Waals surface area contributed by atoms with Crippen LogP contribution in [-0.2, 0) is 4.74 Å². The van der Waals surface area contributed by atoms with Crippen LogP contribution in [0.5, 0.6) is 0 Å². The van der Waals surface area contributed by atoms with Crippen molar-refractivity contribution in [2.45, 2.75) is 76.4 Å². The second-order valence-electron chi connectivity index (χ2n) is 6.26. The maximum atomic E-state index is 6.40. The summed E-state index contributed by atoms with van der Waals surface area (Å²) >= 11 is 0. The standard InChI is InChI=1S/C15H29NO/c1-13(12-16-2)6-7-14-8-11-15(17-14)9-4-3-5-10-15/h13-14,16H,3-12H2,1-2H3. The summed E-state index contributed by atoms with van der Waals surface area (Å²) in [5.41, 5.74) is 0.315. The molecule has 2 fully saturated rings. The highest BCUT2D eigenvalue weighted by atomic mass is 16.5. The van der Waals surface area contributed by atoms with Crippen LogP contribution in [0.2, 0.25) is 0 Å². The smallest absolute Gasteiger partial charge is 0.0687 e. The zero-order chi connectivity index (χ0) is 12.1. The van der Waals surface area contributed by atoms with E-state index in [0.29, 0.717) is 11.7 Å². The Morgan fingerprint density at radius 1 is 1.24 bits per heavy atom. The van der Waals surface area contributed by atoms with Crippen molar-refractivity contribution in [2.24, 2.45) is 5.92 Å². The van der Waals surface area contributed by atoms with E-state index in [1.54, 1.807) is 0 Å². The fraction of sp³-hybridized carbons (Fsp3) is 1.00. The molecule has 2 atom stereocenters. The topological polar surface area (TPSA) is 21.3 Å². The summed E-state index contributed by atoms with van der Waals surface area (Å²) in [6.45, 7) is 3.47. The Morgan fingerprint density at radius 2 is 2.00 bits per heavy atom. The number of ether oxygens (including phenoxy) is 1. The van der Waals surface area contributed by atoms with Gasteiger partial charge in [0.05, 0.1) is 11.7 Å². The van der Waals surface area contributed by atoms with Crippen molar-refractivity contribution in [2.75, 3.05) is 13.6 Å². The van der Waals surface area contributed by atoms with E-state index in [1.165, 1.54) is 57.8 Å². The van der Waals surface area contributed by atoms with Gasteiger partial charge in [0.1, 0.15) is 0 Å². The summed E-state index contributed by atoms with van der Waals surface area (Å²) in [4.78, 5) is 0. The maximum absolute atomic E-state index is 6.40. The summed E-state index contributed by atoms with van der Waals surface area (Å²) in [7, 11) is 2.04. The van der Waals surface area contributed by atoms with Gasteiger partial charge in [0.2, 0.25) is 0 Å². The molecule has 2 nitrogen and oxygen atoms in total. The summed E-state index contributed by atoms with van der Waals surface area (Å²) in [5.74, 6) is 0.784. The molecule has 1 N–H and O–H groups in total. The number of nitrogens with one attached hydrogen (secondary N) is 1. The van der Waals surface area contributed by atoms with E-state index < -0.39 is 0 Å². The Hall–Kier alpha value is -0.0800. The lowest BCUT2D eigenvalue weighted by atomic mass is 9.83. The summed E-state index contributed by atoms with van der Waals surface area (Å²) in [5, 5.41) is 3.26. The fourth-order valence-electron chi connectivity index (χ4n) is 3.58. The molecule has 1 spiro atoms. The molecule has 1 aliphatic carbocycles. The quantitative estimate of drug-likeness (QED) is 0.793. The van der Waals surface area contributed by atoms with Gasteiger partial charge in [-0.3, -0.25) is 0 Å². The molecule has 1 heterocycles. The minimum absolute atomic E-state index is 0.315. The number of hydrogen-bond donors (Lipinski definition) is 1. The van der Waals surface area contributed by atoms with Gasteiger partial charge >= 0.3 is 0 Å². The molecule has 0 aromatic heterocycles. The van der Waals surface area contributed by atoms with Crippen molar-refractivity contribution in [3.63, 3.8) is 0 Å². The third-order valence-corrected chi connectivity index (χ3v) is 4.64. The van der Waals surface area contributed by atoms with Crippen molar-refractivity contribution in [3.8, 4) is 0 Å². The van der Waals surface area contributed by atoms with E-state index >= 15 is 0 Å². The Morgan fingerprint density at radius 3 is 2.71 bits per heavy atom. The van der Waals surface area contributed by atoms with Gasteiger partial charge in [0, 0.05) is 0 Å². The van der Waals surface area contributed by atoms with E-state index in [2.05, 4.69) is 12.2 Å². The van der Waals surface area contributed by atoms with Crippen molar-refractivity contribution in [1.82, 2.24) is 5.32 Å². The lowest BCUT2D eigenvalue weighted by Gasteiger charge is -2.33. The van der Waals surface area contributed by atoms with Gasteiger partial charge in [-0.15, -0.1) is 0 Å². The molecule has 1 saturated heterocycles. The minimum atomic E-state index is 0.315. The highest BCUT2D eigenvalue weighted by Crippen LogP contribution is 2.42. The average Bonchev–Trinajstić information content (AvgIpc) is 2.71. The van der Waals surface area contributed by atoms with E-state index in [0.717, 1.165) is 12.5 Å². The van der Waals surface area contributed by atoms with Crippen LogP contribution in [-0.4, -0.2) is 25.3 Å². The van der Waals surface area contributed by atoms with E-state index in [-0.39, 0.29) is 0 Å². The Bertz CT molecular complexity index is 223. The second kappa shape index (κ2) is 6.19. The lowest BCUT2D eigenvalue weighted by Crippen LogP contribution is -2.31. The zero-order valence-electron chi connectivity index (χ0n) is 11.6. The predicted molar refractivity (Wildman–Crippen MR) is 72.2 cm³/mol. The van der Waals surface area contributed by atoms with Crippen molar-refractivity contribution < 1.29 is 4.74 Å². The molecule has 1 aliphatic heterocycles. The van der Waals surface area contributed by atoms with Crippen molar-refractivity contribution in [1.29, 1.82) is 0 Å². The Kier molecular flexibility index (Phi) is 4.87. The predicted octanol–water partition coefficient (Wildman–Crippen LogP) is 3.50. The minimum Gasteiger partial charge on any atom is -0.372 e. The number of rotatable bonds is 5. The number of hydrogen-bond acceptors (Lipinski definition) is 2. The fourth-order valence-corrected chi connectivity index (χ4v) is 3.58. The summed E-state index contributed by atoms with van der Waals surface area (Å²) < 4.78 is 6.40. The molecule has 0 aromatic rings. The van der Waals surface area contributed by atoms with Gasteiger partial charge in [-0.1, -0.05) is 26.2 Å². The van der Waals surface area contributed by atoms with Crippen LogP contribution in [0, 0.1) is 5.92 Å². The molecule has 17 heavy (non-hydrogen) atoms. The largest absolute Gasteiger partial charge is 0.372 e. The molecule has 2 rings (SSSR count). The van der Waals surface area contributed by atoms with E-state index in [1.807, 2.05) is 7.05 Å². The zero-order valence-corrected chi connectivity index (χ0v) is 11.6. The first-order valence-corrected chi connectivity index (χ1v) is 7.56. The second-order valence-corrected chi connectivity index (χ2v) is 6.26. The summed E-state index contributed by atoms with van der Waals surface area (Å²) in [6.07, 6.45) is 12.6. The van der Waals surface area contributed by atoms with E-state index in [4.69, 9.17) is 4.74 Å². The van der Waals surface area contributed by atoms with Crippen molar-refractivity contribution in [3.05, 3.63) is 0 Å². The molecular formula is C15H29NO. The van der Waals surface area contributed by atoms with Crippen LogP contribution in [0.4, 0.5) is 0 Å². The Balaban J connectivity index is 1.70. The molecule has 100 valence electrons. The van der Waals surface area contributed by atoms with Gasteiger partial charge < -0.3 is 10.1 Å². The van der Waals surface area contributed by atoms with Crippen LogP contribution in [0.15, 0.2) is 0 Å². The van der Waals surface area contributed by atoms with Gasteiger partial charge in [-0.2, -0.15) is 0 Å². The molecule has 0 amide bonds.